The average Bonchev–Trinajstić information content (AvgIpc) is 3.18. The van der Waals surface area contributed by atoms with Crippen LogP contribution in [0.4, 0.5) is 17.5 Å². The molecule has 0 radical (unpaired) electrons. The number of pyridine rings is 1. The number of benzene rings is 1. The number of hydrogen-bond donors (Lipinski definition) is 3. The largest absolute Gasteiger partial charge is 0.379 e. The van der Waals surface area contributed by atoms with E-state index in [1.807, 2.05) is 30.3 Å². The summed E-state index contributed by atoms with van der Waals surface area (Å²) in [5.41, 5.74) is 3.30. The molecule has 9 heteroatoms. The standard InChI is InChI=1S/C20H22N8O/c1-2-14-12-15(3-4-16(14)21-5-1)25-20-26-17-18(23-13-24-19(17)27-20)22-6-7-28-8-10-29-11-9-28/h1-5,12-13H,6-11H2,(H3,22,23,24,25,26,27). The third kappa shape index (κ3) is 3.96. The summed E-state index contributed by atoms with van der Waals surface area (Å²) in [5, 5.41) is 7.77. The van der Waals surface area contributed by atoms with E-state index in [2.05, 4.69) is 40.5 Å². The fourth-order valence-corrected chi connectivity index (χ4v) is 3.47. The first-order chi connectivity index (χ1) is 14.3. The van der Waals surface area contributed by atoms with Gasteiger partial charge in [-0.15, -0.1) is 0 Å². The van der Waals surface area contributed by atoms with E-state index in [1.54, 1.807) is 6.20 Å². The number of nitrogens with one attached hydrogen (secondary N) is 3. The molecule has 148 valence electrons. The number of H-pyrrole nitrogens is 1. The van der Waals surface area contributed by atoms with Crippen LogP contribution in [0.1, 0.15) is 0 Å². The Bertz CT molecular complexity index is 1120. The highest BCUT2D eigenvalue weighted by molar-refractivity contribution is 5.86. The summed E-state index contributed by atoms with van der Waals surface area (Å²) < 4.78 is 5.39. The maximum Gasteiger partial charge on any atom is 0.207 e. The van der Waals surface area contributed by atoms with Gasteiger partial charge in [-0.25, -0.2) is 9.97 Å². The monoisotopic (exact) mass is 390 g/mol. The SMILES string of the molecule is c1cnc2ccc(Nc3nc4ncnc(NCCN5CCOCC5)c4[nH]3)cc2c1. The molecule has 5 rings (SSSR count). The Morgan fingerprint density at radius 3 is 2.97 bits per heavy atom. The van der Waals surface area contributed by atoms with E-state index in [4.69, 9.17) is 4.74 Å². The van der Waals surface area contributed by atoms with Crippen LogP contribution >= 0.6 is 0 Å². The second-order valence-electron chi connectivity index (χ2n) is 6.92. The van der Waals surface area contributed by atoms with Gasteiger partial charge < -0.3 is 20.4 Å². The topological polar surface area (TPSA) is 104 Å². The zero-order valence-electron chi connectivity index (χ0n) is 15.9. The van der Waals surface area contributed by atoms with Gasteiger partial charge in [-0.05, 0) is 24.3 Å². The number of imidazole rings is 1. The molecule has 1 aliphatic heterocycles. The summed E-state index contributed by atoms with van der Waals surface area (Å²) in [5.74, 6) is 1.38. The number of rotatable bonds is 6. The van der Waals surface area contributed by atoms with Crippen LogP contribution in [-0.4, -0.2) is 69.2 Å². The number of aromatic amines is 1. The highest BCUT2D eigenvalue weighted by atomic mass is 16.5. The van der Waals surface area contributed by atoms with Crippen molar-refractivity contribution in [3.8, 4) is 0 Å². The van der Waals surface area contributed by atoms with E-state index < -0.39 is 0 Å². The predicted molar refractivity (Wildman–Crippen MR) is 112 cm³/mol. The summed E-state index contributed by atoms with van der Waals surface area (Å²) in [6.45, 7) is 5.29. The zero-order valence-corrected chi connectivity index (χ0v) is 15.9. The van der Waals surface area contributed by atoms with E-state index in [9.17, 15) is 0 Å². The van der Waals surface area contributed by atoms with Gasteiger partial charge in [0.15, 0.2) is 11.5 Å². The van der Waals surface area contributed by atoms with Gasteiger partial charge in [0.05, 0.1) is 18.7 Å². The Morgan fingerprint density at radius 1 is 1.10 bits per heavy atom. The molecule has 0 unspecified atom stereocenters. The molecule has 3 aromatic heterocycles. The maximum absolute atomic E-state index is 5.39. The van der Waals surface area contributed by atoms with Gasteiger partial charge in [0, 0.05) is 43.4 Å². The van der Waals surface area contributed by atoms with Gasteiger partial charge in [0.2, 0.25) is 5.95 Å². The summed E-state index contributed by atoms with van der Waals surface area (Å²) in [4.78, 5) is 23.2. The lowest BCUT2D eigenvalue weighted by Gasteiger charge is -2.26. The number of ether oxygens (including phenoxy) is 1. The Morgan fingerprint density at radius 2 is 2.03 bits per heavy atom. The van der Waals surface area contributed by atoms with Crippen molar-refractivity contribution in [3.63, 3.8) is 0 Å². The third-order valence-corrected chi connectivity index (χ3v) is 4.98. The Balaban J connectivity index is 1.31. The van der Waals surface area contributed by atoms with Crippen molar-refractivity contribution in [1.82, 2.24) is 29.8 Å². The fourth-order valence-electron chi connectivity index (χ4n) is 3.47. The lowest BCUT2D eigenvalue weighted by molar-refractivity contribution is 0.0398. The molecule has 4 heterocycles. The summed E-state index contributed by atoms with van der Waals surface area (Å²) in [6, 6.07) is 9.98. The Hall–Kier alpha value is -3.30. The molecule has 1 aromatic carbocycles. The number of aromatic nitrogens is 5. The van der Waals surface area contributed by atoms with Crippen LogP contribution in [0.25, 0.3) is 22.1 Å². The van der Waals surface area contributed by atoms with E-state index >= 15 is 0 Å². The van der Waals surface area contributed by atoms with Gasteiger partial charge in [0.1, 0.15) is 11.8 Å². The molecule has 0 bridgehead atoms. The second kappa shape index (κ2) is 7.98. The van der Waals surface area contributed by atoms with Gasteiger partial charge in [0.25, 0.3) is 0 Å². The van der Waals surface area contributed by atoms with Crippen molar-refractivity contribution in [2.24, 2.45) is 0 Å². The molecule has 0 atom stereocenters. The van der Waals surface area contributed by atoms with Crippen LogP contribution in [0.15, 0.2) is 42.9 Å². The molecule has 0 aliphatic carbocycles. The van der Waals surface area contributed by atoms with Crippen LogP contribution in [0.3, 0.4) is 0 Å². The molecule has 1 fully saturated rings. The average molecular weight is 390 g/mol. The van der Waals surface area contributed by atoms with Crippen molar-refractivity contribution in [2.45, 2.75) is 0 Å². The molecule has 0 spiro atoms. The first-order valence-corrected chi connectivity index (χ1v) is 9.72. The van der Waals surface area contributed by atoms with Crippen molar-refractivity contribution < 1.29 is 4.74 Å². The minimum atomic E-state index is 0.624. The van der Waals surface area contributed by atoms with Crippen LogP contribution in [0.5, 0.6) is 0 Å². The van der Waals surface area contributed by atoms with E-state index in [0.717, 1.165) is 67.3 Å². The molecular formula is C20H22N8O. The van der Waals surface area contributed by atoms with Crippen molar-refractivity contribution >= 4 is 39.5 Å². The van der Waals surface area contributed by atoms with Crippen molar-refractivity contribution in [2.75, 3.05) is 50.0 Å². The van der Waals surface area contributed by atoms with Gasteiger partial charge >= 0.3 is 0 Å². The number of hydrogen-bond acceptors (Lipinski definition) is 8. The summed E-state index contributed by atoms with van der Waals surface area (Å²) >= 11 is 0. The smallest absolute Gasteiger partial charge is 0.207 e. The van der Waals surface area contributed by atoms with Gasteiger partial charge in [-0.3, -0.25) is 9.88 Å². The lowest BCUT2D eigenvalue weighted by atomic mass is 10.2. The van der Waals surface area contributed by atoms with E-state index in [1.165, 1.54) is 6.33 Å². The minimum absolute atomic E-state index is 0.624. The predicted octanol–water partition coefficient (Wildman–Crippen LogP) is 2.39. The molecule has 1 saturated heterocycles. The van der Waals surface area contributed by atoms with Gasteiger partial charge in [-0.2, -0.15) is 4.98 Å². The van der Waals surface area contributed by atoms with Crippen LogP contribution in [-0.2, 0) is 4.74 Å². The van der Waals surface area contributed by atoms with Crippen LogP contribution in [0.2, 0.25) is 0 Å². The highest BCUT2D eigenvalue weighted by Crippen LogP contribution is 2.23. The lowest BCUT2D eigenvalue weighted by Crippen LogP contribution is -2.39. The number of fused-ring (bicyclic) bond motifs is 2. The van der Waals surface area contributed by atoms with Crippen LogP contribution < -0.4 is 10.6 Å². The fraction of sp³-hybridized carbons (Fsp3) is 0.300. The third-order valence-electron chi connectivity index (χ3n) is 4.98. The maximum atomic E-state index is 5.39. The summed E-state index contributed by atoms with van der Waals surface area (Å²) in [6.07, 6.45) is 3.33. The normalized spacial score (nSPS) is 15.0. The van der Waals surface area contributed by atoms with Crippen molar-refractivity contribution in [1.29, 1.82) is 0 Å². The number of nitrogens with zero attached hydrogens (tertiary/aromatic N) is 5. The zero-order chi connectivity index (χ0) is 19.5. The molecule has 0 saturated carbocycles. The molecule has 4 aromatic rings. The van der Waals surface area contributed by atoms with Crippen molar-refractivity contribution in [3.05, 3.63) is 42.9 Å². The van der Waals surface area contributed by atoms with Crippen LogP contribution in [0, 0.1) is 0 Å². The first kappa shape index (κ1) is 17.8. The second-order valence-corrected chi connectivity index (χ2v) is 6.92. The Kier molecular flexibility index (Phi) is 4.89. The molecular weight excluding hydrogens is 368 g/mol. The Labute approximate surface area is 167 Å². The number of anilines is 3. The summed E-state index contributed by atoms with van der Waals surface area (Å²) in [7, 11) is 0. The quantitative estimate of drug-likeness (QED) is 0.461. The van der Waals surface area contributed by atoms with Gasteiger partial charge in [-0.1, -0.05) is 6.07 Å². The number of morpholine rings is 1. The molecule has 9 nitrogen and oxygen atoms in total. The molecule has 1 aliphatic rings. The highest BCUT2D eigenvalue weighted by Gasteiger charge is 2.12. The van der Waals surface area contributed by atoms with E-state index in [-0.39, 0.29) is 0 Å². The molecule has 0 amide bonds. The van der Waals surface area contributed by atoms with E-state index in [0.29, 0.717) is 11.6 Å². The molecule has 3 N–H and O–H groups in total. The molecule has 29 heavy (non-hydrogen) atoms. The first-order valence-electron chi connectivity index (χ1n) is 9.72. The minimum Gasteiger partial charge on any atom is -0.379 e.